The van der Waals surface area contributed by atoms with Crippen molar-refractivity contribution >= 4 is 23.2 Å². The van der Waals surface area contributed by atoms with Crippen LogP contribution in [0.25, 0.3) is 6.08 Å². The van der Waals surface area contributed by atoms with Gasteiger partial charge in [0.05, 0.1) is 12.7 Å². The van der Waals surface area contributed by atoms with E-state index < -0.39 is 0 Å². The smallest absolute Gasteiger partial charge is 0.232 e. The number of allylic oxidation sites excluding steroid dienone is 1. The summed E-state index contributed by atoms with van der Waals surface area (Å²) in [5.41, 5.74) is 3.58. The van der Waals surface area contributed by atoms with Gasteiger partial charge in [0, 0.05) is 17.0 Å². The Morgan fingerprint density at radius 3 is 2.68 bits per heavy atom. The third-order valence-corrected chi connectivity index (χ3v) is 5.61. The zero-order chi connectivity index (χ0) is 19.7. The van der Waals surface area contributed by atoms with Crippen LogP contribution in [0.2, 0.25) is 0 Å². The van der Waals surface area contributed by atoms with Gasteiger partial charge >= 0.3 is 0 Å². The highest BCUT2D eigenvalue weighted by molar-refractivity contribution is 7.11. The summed E-state index contributed by atoms with van der Waals surface area (Å²) in [6.45, 7) is 4.32. The average Bonchev–Trinajstić information content (AvgIpc) is 3.24. The van der Waals surface area contributed by atoms with Crippen LogP contribution in [-0.2, 0) is 6.61 Å². The second kappa shape index (κ2) is 7.52. The van der Waals surface area contributed by atoms with Crippen LogP contribution in [0.4, 0.5) is 0 Å². The molecule has 0 radical (unpaired) electrons. The first-order valence-electron chi connectivity index (χ1n) is 8.94. The van der Waals surface area contributed by atoms with Crippen molar-refractivity contribution < 1.29 is 19.0 Å². The molecule has 4 nitrogen and oxygen atoms in total. The number of benzene rings is 2. The van der Waals surface area contributed by atoms with E-state index in [4.69, 9.17) is 14.2 Å². The lowest BCUT2D eigenvalue weighted by atomic mass is 10.0. The van der Waals surface area contributed by atoms with Gasteiger partial charge in [-0.3, -0.25) is 4.79 Å². The van der Waals surface area contributed by atoms with Gasteiger partial charge in [-0.1, -0.05) is 12.1 Å². The molecular weight excluding hydrogens is 372 g/mol. The molecule has 0 saturated heterocycles. The van der Waals surface area contributed by atoms with Crippen molar-refractivity contribution in [3.05, 3.63) is 80.7 Å². The molecule has 4 rings (SSSR count). The van der Waals surface area contributed by atoms with Gasteiger partial charge in [-0.15, -0.1) is 11.3 Å². The van der Waals surface area contributed by atoms with Crippen molar-refractivity contribution in [3.8, 4) is 17.2 Å². The standard InChI is InChI=1S/C23H20O4S/c1-14-7-8-28-21(14)12-20-23(24)22-15(2)9-18(11-19(22)27-20)26-13-16-5-4-6-17(10-16)25-3/h4-12H,13H2,1-3H3/b20-12-. The van der Waals surface area contributed by atoms with Gasteiger partial charge < -0.3 is 14.2 Å². The molecule has 142 valence electrons. The third-order valence-electron chi connectivity index (χ3n) is 4.65. The molecule has 0 amide bonds. The summed E-state index contributed by atoms with van der Waals surface area (Å²) < 4.78 is 17.0. The molecule has 0 unspecified atom stereocenters. The van der Waals surface area contributed by atoms with Gasteiger partial charge in [-0.25, -0.2) is 0 Å². The molecule has 2 heterocycles. The van der Waals surface area contributed by atoms with Crippen molar-refractivity contribution in [2.24, 2.45) is 0 Å². The molecule has 0 saturated carbocycles. The van der Waals surface area contributed by atoms with E-state index in [-0.39, 0.29) is 5.78 Å². The maximum absolute atomic E-state index is 12.8. The highest BCUT2D eigenvalue weighted by Gasteiger charge is 2.30. The fourth-order valence-electron chi connectivity index (χ4n) is 3.14. The van der Waals surface area contributed by atoms with Crippen LogP contribution in [0.3, 0.4) is 0 Å². The second-order valence-electron chi connectivity index (χ2n) is 6.66. The molecule has 1 aliphatic rings. The lowest BCUT2D eigenvalue weighted by Gasteiger charge is -2.10. The van der Waals surface area contributed by atoms with Gasteiger partial charge in [0.25, 0.3) is 0 Å². The number of ketones is 1. The number of carbonyl (C=O) groups excluding carboxylic acids is 1. The Kier molecular flexibility index (Phi) is 4.92. The number of ether oxygens (including phenoxy) is 3. The van der Waals surface area contributed by atoms with E-state index in [1.54, 1.807) is 24.5 Å². The van der Waals surface area contributed by atoms with Gasteiger partial charge in [-0.2, -0.15) is 0 Å². The lowest BCUT2D eigenvalue weighted by molar-refractivity contribution is 0.101. The van der Waals surface area contributed by atoms with Gasteiger partial charge in [0.15, 0.2) is 5.76 Å². The van der Waals surface area contributed by atoms with Crippen molar-refractivity contribution in [1.29, 1.82) is 0 Å². The van der Waals surface area contributed by atoms with Gasteiger partial charge in [-0.05, 0) is 60.2 Å². The SMILES string of the molecule is COc1cccc(COc2cc(C)c3c(c2)O/C(=C\c2sccc2C)C3=O)c1. The van der Waals surface area contributed by atoms with Crippen LogP contribution in [0.1, 0.15) is 31.9 Å². The maximum atomic E-state index is 12.8. The van der Waals surface area contributed by atoms with E-state index >= 15 is 0 Å². The summed E-state index contributed by atoms with van der Waals surface area (Å²) in [6, 6.07) is 13.4. The van der Waals surface area contributed by atoms with Crippen LogP contribution in [0, 0.1) is 13.8 Å². The Balaban J connectivity index is 1.56. The van der Waals surface area contributed by atoms with E-state index in [9.17, 15) is 4.79 Å². The van der Waals surface area contributed by atoms with E-state index in [1.165, 1.54) is 0 Å². The van der Waals surface area contributed by atoms with Crippen LogP contribution in [0.5, 0.6) is 17.2 Å². The van der Waals surface area contributed by atoms with E-state index in [0.717, 1.165) is 27.3 Å². The largest absolute Gasteiger partial charge is 0.497 e. The molecule has 2 aromatic carbocycles. The van der Waals surface area contributed by atoms with Crippen molar-refractivity contribution in [2.45, 2.75) is 20.5 Å². The molecule has 1 aliphatic heterocycles. The van der Waals surface area contributed by atoms with E-state index in [0.29, 0.717) is 29.4 Å². The fourth-order valence-corrected chi connectivity index (χ4v) is 3.99. The van der Waals surface area contributed by atoms with Gasteiger partial charge in [0.1, 0.15) is 23.9 Å². The minimum Gasteiger partial charge on any atom is -0.497 e. The van der Waals surface area contributed by atoms with Crippen LogP contribution >= 0.6 is 11.3 Å². The molecule has 0 N–H and O–H groups in total. The van der Waals surface area contributed by atoms with Crippen molar-refractivity contribution in [1.82, 2.24) is 0 Å². The third kappa shape index (κ3) is 3.53. The predicted octanol–water partition coefficient (Wildman–Crippen LogP) is 5.57. The van der Waals surface area contributed by atoms with Crippen LogP contribution < -0.4 is 14.2 Å². The van der Waals surface area contributed by atoms with Crippen molar-refractivity contribution in [2.75, 3.05) is 7.11 Å². The Hall–Kier alpha value is -3.05. The number of carbonyl (C=O) groups is 1. The normalized spacial score (nSPS) is 14.1. The summed E-state index contributed by atoms with van der Waals surface area (Å²) in [6.07, 6.45) is 1.82. The first-order valence-corrected chi connectivity index (χ1v) is 9.82. The van der Waals surface area contributed by atoms with Gasteiger partial charge in [0.2, 0.25) is 5.78 Å². The number of methoxy groups -OCH3 is 1. The molecule has 28 heavy (non-hydrogen) atoms. The Morgan fingerprint density at radius 2 is 1.93 bits per heavy atom. The molecule has 0 spiro atoms. The zero-order valence-corrected chi connectivity index (χ0v) is 16.8. The predicted molar refractivity (Wildman–Crippen MR) is 110 cm³/mol. The van der Waals surface area contributed by atoms with Crippen LogP contribution in [0.15, 0.2) is 53.6 Å². The number of rotatable bonds is 5. The highest BCUT2D eigenvalue weighted by Crippen LogP contribution is 2.38. The topological polar surface area (TPSA) is 44.8 Å². The average molecular weight is 392 g/mol. The quantitative estimate of drug-likeness (QED) is 0.533. The highest BCUT2D eigenvalue weighted by atomic mass is 32.1. The lowest BCUT2D eigenvalue weighted by Crippen LogP contribution is -2.00. The molecular formula is C23H20O4S. The molecule has 0 bridgehead atoms. The molecule has 0 fully saturated rings. The minimum absolute atomic E-state index is 0.0837. The summed E-state index contributed by atoms with van der Waals surface area (Å²) >= 11 is 1.59. The number of Topliss-reactive ketones (excluding diaryl/α,β-unsaturated/α-hetero) is 1. The second-order valence-corrected chi connectivity index (χ2v) is 7.61. The number of hydrogen-bond donors (Lipinski definition) is 0. The Bertz CT molecular complexity index is 1080. The summed E-state index contributed by atoms with van der Waals surface area (Å²) in [5, 5.41) is 2.00. The molecule has 0 aliphatic carbocycles. The monoisotopic (exact) mass is 392 g/mol. The van der Waals surface area contributed by atoms with E-state index in [2.05, 4.69) is 0 Å². The maximum Gasteiger partial charge on any atom is 0.232 e. The van der Waals surface area contributed by atoms with E-state index in [1.807, 2.05) is 61.7 Å². The molecule has 5 heteroatoms. The molecule has 3 aromatic rings. The summed E-state index contributed by atoms with van der Waals surface area (Å²) in [7, 11) is 1.64. The Labute approximate surface area is 168 Å². The van der Waals surface area contributed by atoms with Crippen molar-refractivity contribution in [3.63, 3.8) is 0 Å². The number of fused-ring (bicyclic) bond motifs is 1. The summed E-state index contributed by atoms with van der Waals surface area (Å²) in [4.78, 5) is 13.8. The minimum atomic E-state index is -0.0837. The number of thiophene rings is 1. The molecule has 0 atom stereocenters. The van der Waals surface area contributed by atoms with Crippen LogP contribution in [-0.4, -0.2) is 12.9 Å². The Morgan fingerprint density at radius 1 is 1.07 bits per heavy atom. The first-order chi connectivity index (χ1) is 13.5. The fraction of sp³-hybridized carbons (Fsp3) is 0.174. The summed E-state index contributed by atoms with van der Waals surface area (Å²) in [5.74, 6) is 2.28. The number of aryl methyl sites for hydroxylation is 2. The zero-order valence-electron chi connectivity index (χ0n) is 15.9. The molecule has 1 aromatic heterocycles. The number of hydrogen-bond acceptors (Lipinski definition) is 5. The first kappa shape index (κ1) is 18.3.